The van der Waals surface area contributed by atoms with E-state index in [1.807, 2.05) is 6.07 Å². The van der Waals surface area contributed by atoms with Crippen LogP contribution in [0.3, 0.4) is 0 Å². The maximum Gasteiger partial charge on any atom is 0.160 e. The number of hydrogen-bond donors (Lipinski definition) is 0. The van der Waals surface area contributed by atoms with Gasteiger partial charge in [-0.3, -0.25) is 9.69 Å². The van der Waals surface area contributed by atoms with E-state index in [2.05, 4.69) is 32.6 Å². The van der Waals surface area contributed by atoms with Gasteiger partial charge < -0.3 is 0 Å². The molecule has 0 fully saturated rings. The van der Waals surface area contributed by atoms with Crippen LogP contribution in [0.25, 0.3) is 0 Å². The smallest absolute Gasteiger partial charge is 0.160 e. The van der Waals surface area contributed by atoms with Gasteiger partial charge in [-0.15, -0.1) is 11.3 Å². The van der Waals surface area contributed by atoms with Crippen LogP contribution in [0.4, 0.5) is 0 Å². The second kappa shape index (κ2) is 6.16. The Morgan fingerprint density at radius 3 is 2.44 bits per heavy atom. The lowest BCUT2D eigenvalue weighted by atomic mass is 10.1. The highest BCUT2D eigenvalue weighted by Crippen LogP contribution is 2.29. The molecule has 1 aromatic rings. The summed E-state index contributed by atoms with van der Waals surface area (Å²) in [4.78, 5) is 15.4. The lowest BCUT2D eigenvalue weighted by Gasteiger charge is -2.18. The van der Waals surface area contributed by atoms with Gasteiger partial charge in [0, 0.05) is 11.4 Å². The maximum atomic E-state index is 10.8. The quantitative estimate of drug-likeness (QED) is 0.708. The molecule has 0 saturated heterocycles. The molecule has 0 N–H and O–H groups in total. The molecule has 0 unspecified atom stereocenters. The summed E-state index contributed by atoms with van der Waals surface area (Å²) in [5.74, 6) is 0.504. The van der Waals surface area contributed by atoms with E-state index in [0.29, 0.717) is 5.92 Å². The van der Waals surface area contributed by atoms with Gasteiger partial charge in [0.25, 0.3) is 0 Å². The van der Waals surface area contributed by atoms with E-state index >= 15 is 0 Å². The van der Waals surface area contributed by atoms with Crippen molar-refractivity contribution in [1.29, 1.82) is 0 Å². The number of carbonyl (C=O) groups excluding carboxylic acids is 1. The van der Waals surface area contributed by atoms with Gasteiger partial charge in [-0.2, -0.15) is 0 Å². The van der Waals surface area contributed by atoms with Crippen molar-refractivity contribution in [1.82, 2.24) is 4.90 Å². The predicted molar refractivity (Wildman–Crippen MR) is 70.4 cm³/mol. The van der Waals surface area contributed by atoms with E-state index in [4.69, 9.17) is 0 Å². The van der Waals surface area contributed by atoms with Crippen molar-refractivity contribution in [2.24, 2.45) is 0 Å². The maximum absolute atomic E-state index is 10.8. The van der Waals surface area contributed by atoms with Crippen LogP contribution in [0.2, 0.25) is 0 Å². The van der Waals surface area contributed by atoms with E-state index in [1.165, 1.54) is 10.4 Å². The molecule has 0 amide bonds. The number of thiophene rings is 1. The fourth-order valence-electron chi connectivity index (χ4n) is 1.82. The Kier molecular flexibility index (Phi) is 5.16. The van der Waals surface area contributed by atoms with Crippen molar-refractivity contribution in [3.8, 4) is 0 Å². The third kappa shape index (κ3) is 3.16. The van der Waals surface area contributed by atoms with Crippen molar-refractivity contribution in [3.63, 3.8) is 0 Å². The Balaban J connectivity index is 2.92. The average Bonchev–Trinajstić information content (AvgIpc) is 2.69. The Bertz CT molecular complexity index is 340. The number of rotatable bonds is 6. The fourth-order valence-corrected chi connectivity index (χ4v) is 2.82. The summed E-state index contributed by atoms with van der Waals surface area (Å²) in [6.07, 6.45) is 0.961. The summed E-state index contributed by atoms with van der Waals surface area (Å²) in [7, 11) is 0. The Morgan fingerprint density at radius 1 is 1.38 bits per heavy atom. The van der Waals surface area contributed by atoms with Crippen molar-refractivity contribution in [3.05, 3.63) is 21.4 Å². The molecular weight excluding hydrogens is 218 g/mol. The first-order valence-corrected chi connectivity index (χ1v) is 6.74. The van der Waals surface area contributed by atoms with E-state index in [-0.39, 0.29) is 0 Å². The van der Waals surface area contributed by atoms with Crippen molar-refractivity contribution < 1.29 is 4.79 Å². The van der Waals surface area contributed by atoms with E-state index in [1.54, 1.807) is 11.3 Å². The highest BCUT2D eigenvalue weighted by atomic mass is 32.1. The predicted octanol–water partition coefficient (Wildman–Crippen LogP) is 3.53. The van der Waals surface area contributed by atoms with Gasteiger partial charge in [-0.05, 0) is 30.6 Å². The van der Waals surface area contributed by atoms with Gasteiger partial charge in [0.15, 0.2) is 6.29 Å². The molecule has 0 aliphatic heterocycles. The van der Waals surface area contributed by atoms with Crippen molar-refractivity contribution in [2.75, 3.05) is 13.1 Å². The summed E-state index contributed by atoms with van der Waals surface area (Å²) in [6.45, 7) is 11.8. The first kappa shape index (κ1) is 13.4. The molecule has 90 valence electrons. The van der Waals surface area contributed by atoms with E-state index in [9.17, 15) is 4.79 Å². The average molecular weight is 239 g/mol. The molecule has 0 bridgehead atoms. The van der Waals surface area contributed by atoms with Crippen LogP contribution in [0, 0.1) is 0 Å². The van der Waals surface area contributed by atoms with Crippen LogP contribution in [-0.2, 0) is 6.54 Å². The fraction of sp³-hybridized carbons (Fsp3) is 0.615. The topological polar surface area (TPSA) is 20.3 Å². The van der Waals surface area contributed by atoms with Crippen LogP contribution >= 0.6 is 11.3 Å². The summed E-state index contributed by atoms with van der Waals surface area (Å²) >= 11 is 1.64. The van der Waals surface area contributed by atoms with Crippen LogP contribution in [0.15, 0.2) is 6.07 Å². The molecule has 0 spiro atoms. The zero-order valence-corrected chi connectivity index (χ0v) is 11.4. The zero-order chi connectivity index (χ0) is 12.1. The van der Waals surface area contributed by atoms with Crippen molar-refractivity contribution in [2.45, 2.75) is 40.2 Å². The van der Waals surface area contributed by atoms with Gasteiger partial charge in [0.05, 0.1) is 4.88 Å². The summed E-state index contributed by atoms with van der Waals surface area (Å²) < 4.78 is 0. The molecule has 1 heterocycles. The first-order chi connectivity index (χ1) is 7.62. The van der Waals surface area contributed by atoms with E-state index < -0.39 is 0 Å². The molecule has 0 atom stereocenters. The lowest BCUT2D eigenvalue weighted by molar-refractivity contribution is 0.112. The van der Waals surface area contributed by atoms with Crippen LogP contribution < -0.4 is 0 Å². The molecule has 0 saturated carbocycles. The van der Waals surface area contributed by atoms with E-state index in [0.717, 1.165) is 30.8 Å². The number of carbonyl (C=O) groups is 1. The van der Waals surface area contributed by atoms with Crippen LogP contribution in [0.1, 0.15) is 53.7 Å². The minimum Gasteiger partial charge on any atom is -0.300 e. The molecular formula is C13H21NOS. The number of nitrogens with zero attached hydrogens (tertiary/aromatic N) is 1. The monoisotopic (exact) mass is 239 g/mol. The lowest BCUT2D eigenvalue weighted by Crippen LogP contribution is -2.22. The summed E-state index contributed by atoms with van der Waals surface area (Å²) in [5.41, 5.74) is 1.32. The van der Waals surface area contributed by atoms with Crippen molar-refractivity contribution >= 4 is 17.6 Å². The molecule has 1 aromatic heterocycles. The normalized spacial score (nSPS) is 11.4. The molecule has 2 nitrogen and oxygen atoms in total. The highest BCUT2D eigenvalue weighted by molar-refractivity contribution is 7.13. The van der Waals surface area contributed by atoms with Gasteiger partial charge in [-0.25, -0.2) is 0 Å². The molecule has 1 rings (SSSR count). The molecule has 0 aliphatic rings. The Morgan fingerprint density at radius 2 is 2.00 bits per heavy atom. The second-order valence-electron chi connectivity index (χ2n) is 4.27. The third-order valence-electron chi connectivity index (χ3n) is 2.79. The SMILES string of the molecule is CCN(CC)Cc1cc(C=O)sc1C(C)C. The molecule has 16 heavy (non-hydrogen) atoms. The van der Waals surface area contributed by atoms with Gasteiger partial charge >= 0.3 is 0 Å². The molecule has 3 heteroatoms. The van der Waals surface area contributed by atoms with Crippen LogP contribution in [-0.4, -0.2) is 24.3 Å². The summed E-state index contributed by atoms with van der Waals surface area (Å²) in [5, 5.41) is 0. The van der Waals surface area contributed by atoms with Gasteiger partial charge in [0.1, 0.15) is 0 Å². The standard InChI is InChI=1S/C13H21NOS/c1-5-14(6-2)8-11-7-12(9-15)16-13(11)10(3)4/h7,9-10H,5-6,8H2,1-4H3. The zero-order valence-electron chi connectivity index (χ0n) is 10.6. The third-order valence-corrected chi connectivity index (χ3v) is 4.19. The molecule has 0 aromatic carbocycles. The first-order valence-electron chi connectivity index (χ1n) is 5.92. The van der Waals surface area contributed by atoms with Crippen LogP contribution in [0.5, 0.6) is 0 Å². The molecule has 0 radical (unpaired) electrons. The number of aldehydes is 1. The Labute approximate surface area is 102 Å². The minimum absolute atomic E-state index is 0.504. The minimum atomic E-state index is 0.504. The molecule has 0 aliphatic carbocycles. The van der Waals surface area contributed by atoms with Gasteiger partial charge in [-0.1, -0.05) is 27.7 Å². The largest absolute Gasteiger partial charge is 0.300 e. The van der Waals surface area contributed by atoms with Gasteiger partial charge in [0.2, 0.25) is 0 Å². The number of hydrogen-bond acceptors (Lipinski definition) is 3. The Hall–Kier alpha value is -0.670. The highest BCUT2D eigenvalue weighted by Gasteiger charge is 2.13. The second-order valence-corrected chi connectivity index (χ2v) is 5.39. The summed E-state index contributed by atoms with van der Waals surface area (Å²) in [6, 6.07) is 2.05.